The average molecular weight is 813 g/mol. The van der Waals surface area contributed by atoms with E-state index in [1.165, 1.54) is 0 Å². The van der Waals surface area contributed by atoms with Crippen LogP contribution in [0.4, 0.5) is 5.69 Å². The average Bonchev–Trinajstić information content (AvgIpc) is 3.61. The summed E-state index contributed by atoms with van der Waals surface area (Å²) >= 11 is 0. The largest absolute Gasteiger partial charge is 0.369 e. The van der Waals surface area contributed by atoms with Crippen LogP contribution in [0.5, 0.6) is 0 Å². The molecule has 0 saturated carbocycles. The van der Waals surface area contributed by atoms with Gasteiger partial charge in [-0.2, -0.15) is 0 Å². The van der Waals surface area contributed by atoms with E-state index in [2.05, 4.69) is 54.3 Å². The number of pyridine rings is 1. The topological polar surface area (TPSA) is 138 Å². The van der Waals surface area contributed by atoms with Crippen molar-refractivity contribution in [3.05, 3.63) is 101 Å². The molecule has 0 radical (unpaired) electrons. The van der Waals surface area contributed by atoms with E-state index < -0.39 is 11.9 Å². The molecule has 2 N–H and O–H groups in total. The third-order valence-electron chi connectivity index (χ3n) is 11.9. The third kappa shape index (κ3) is 11.2. The number of hydrogen-bond donors (Lipinski definition) is 2. The number of benzene rings is 2. The maximum atomic E-state index is 13.3. The first-order valence-corrected chi connectivity index (χ1v) is 21.5. The van der Waals surface area contributed by atoms with Gasteiger partial charge in [-0.25, -0.2) is 0 Å². The summed E-state index contributed by atoms with van der Waals surface area (Å²) < 4.78 is 0. The Balaban J connectivity index is 0.740. The summed E-state index contributed by atoms with van der Waals surface area (Å²) in [7, 11) is 0. The Bertz CT molecular complexity index is 2080. The second-order valence-corrected chi connectivity index (χ2v) is 16.0. The molecule has 60 heavy (non-hydrogen) atoms. The van der Waals surface area contributed by atoms with E-state index in [0.29, 0.717) is 25.1 Å². The second kappa shape index (κ2) is 20.9. The van der Waals surface area contributed by atoms with Gasteiger partial charge in [0.25, 0.3) is 11.8 Å². The zero-order chi connectivity index (χ0) is 41.7. The van der Waals surface area contributed by atoms with E-state index in [4.69, 9.17) is 0 Å². The Morgan fingerprint density at radius 3 is 2.32 bits per heavy atom. The molecule has 7 rings (SSSR count). The van der Waals surface area contributed by atoms with Crippen LogP contribution >= 0.6 is 0 Å². The number of aromatic nitrogens is 1. The lowest BCUT2D eigenvalue weighted by Crippen LogP contribution is -2.52. The Hall–Kier alpha value is -5.84. The number of piperidine rings is 1. The van der Waals surface area contributed by atoms with Gasteiger partial charge in [0.2, 0.25) is 17.7 Å². The molecule has 5 heterocycles. The molecular formula is C47H56N8O5. The highest BCUT2D eigenvalue weighted by Crippen LogP contribution is 2.29. The Morgan fingerprint density at radius 1 is 0.833 bits per heavy atom. The van der Waals surface area contributed by atoms with Crippen LogP contribution in [0, 0.1) is 11.8 Å². The predicted octanol–water partition coefficient (Wildman–Crippen LogP) is 3.94. The summed E-state index contributed by atoms with van der Waals surface area (Å²) in [5.41, 5.74) is 5.09. The van der Waals surface area contributed by atoms with Crippen LogP contribution < -0.4 is 15.5 Å². The third-order valence-corrected chi connectivity index (χ3v) is 11.9. The van der Waals surface area contributed by atoms with Crippen LogP contribution in [0.15, 0.2) is 73.1 Å². The zero-order valence-electron chi connectivity index (χ0n) is 34.4. The highest BCUT2D eigenvalue weighted by molar-refractivity contribution is 6.05. The van der Waals surface area contributed by atoms with Gasteiger partial charge in [0, 0.05) is 119 Å². The lowest BCUT2D eigenvalue weighted by Gasteiger charge is -2.36. The number of carbonyl (C=O) groups is 5. The first kappa shape index (κ1) is 42.3. The van der Waals surface area contributed by atoms with Crippen LogP contribution in [0.1, 0.15) is 88.8 Å². The maximum absolute atomic E-state index is 13.3. The molecule has 4 aliphatic rings. The van der Waals surface area contributed by atoms with Gasteiger partial charge in [-0.3, -0.25) is 44.1 Å². The number of piperazine rings is 2. The molecule has 3 aromatic rings. The summed E-state index contributed by atoms with van der Waals surface area (Å²) in [5.74, 6) is 5.72. The number of unbranched alkanes of at least 4 members (excludes halogenated alkanes) is 4. The molecule has 3 fully saturated rings. The number of nitrogens with zero attached hydrogens (tertiary/aromatic N) is 6. The first-order chi connectivity index (χ1) is 29.3. The van der Waals surface area contributed by atoms with Gasteiger partial charge in [-0.05, 0) is 105 Å². The van der Waals surface area contributed by atoms with Crippen molar-refractivity contribution in [3.63, 3.8) is 0 Å². The predicted molar refractivity (Wildman–Crippen MR) is 231 cm³/mol. The Morgan fingerprint density at radius 2 is 1.58 bits per heavy atom. The Labute approximate surface area is 353 Å². The van der Waals surface area contributed by atoms with E-state index >= 15 is 0 Å². The van der Waals surface area contributed by atoms with E-state index in [-0.39, 0.29) is 30.0 Å². The fraction of sp³-hybridized carbons (Fsp3) is 0.447. The summed E-state index contributed by atoms with van der Waals surface area (Å²) in [6.45, 7) is 10.1. The first-order valence-electron chi connectivity index (χ1n) is 21.5. The number of anilines is 1. The van der Waals surface area contributed by atoms with Crippen LogP contribution in [0.25, 0.3) is 6.08 Å². The molecule has 2 aromatic carbocycles. The molecule has 1 unspecified atom stereocenters. The molecule has 4 aliphatic heterocycles. The minimum atomic E-state index is -0.626. The fourth-order valence-corrected chi connectivity index (χ4v) is 8.37. The number of imide groups is 1. The van der Waals surface area contributed by atoms with Gasteiger partial charge in [0.15, 0.2) is 0 Å². The quantitative estimate of drug-likeness (QED) is 0.101. The van der Waals surface area contributed by atoms with Crippen molar-refractivity contribution < 1.29 is 24.0 Å². The highest BCUT2D eigenvalue weighted by atomic mass is 16.2. The number of amides is 5. The SMILES string of the molecule is O=C(/C=C/c1cccnc1)NCCCCN1CCN(C(=O)c2ccc(N3CCN(CCCCCC#Cc4cccc5c4CN(C4CCC(=O)NC4=O)C5=O)CC3)cc2)CC1. The van der Waals surface area contributed by atoms with Crippen molar-refractivity contribution in [3.8, 4) is 11.8 Å². The molecule has 1 aromatic heterocycles. The van der Waals surface area contributed by atoms with Gasteiger partial charge in [0.1, 0.15) is 6.04 Å². The molecule has 0 bridgehead atoms. The van der Waals surface area contributed by atoms with Gasteiger partial charge in [-0.1, -0.05) is 30.4 Å². The molecule has 0 spiro atoms. The number of fused-ring (bicyclic) bond motifs is 1. The van der Waals surface area contributed by atoms with Crippen molar-refractivity contribution in [2.45, 2.75) is 64.0 Å². The van der Waals surface area contributed by atoms with Crippen molar-refractivity contribution in [1.82, 2.24) is 35.2 Å². The number of carbonyl (C=O) groups excluding carboxylic acids is 5. The number of nitrogens with one attached hydrogen (secondary N) is 2. The minimum absolute atomic E-state index is 0.0949. The molecule has 5 amide bonds. The van der Waals surface area contributed by atoms with Crippen molar-refractivity contribution in [1.29, 1.82) is 0 Å². The van der Waals surface area contributed by atoms with Gasteiger partial charge in [0.05, 0.1) is 0 Å². The molecular weight excluding hydrogens is 757 g/mol. The lowest BCUT2D eigenvalue weighted by molar-refractivity contribution is -0.137. The monoisotopic (exact) mass is 812 g/mol. The maximum Gasteiger partial charge on any atom is 0.255 e. The van der Waals surface area contributed by atoms with Crippen LogP contribution in [-0.4, -0.2) is 132 Å². The van der Waals surface area contributed by atoms with Crippen LogP contribution in [0.2, 0.25) is 0 Å². The molecule has 13 nitrogen and oxygen atoms in total. The van der Waals surface area contributed by atoms with E-state index in [9.17, 15) is 24.0 Å². The molecule has 314 valence electrons. The van der Waals surface area contributed by atoms with Crippen LogP contribution in [-0.2, 0) is 20.9 Å². The molecule has 3 saturated heterocycles. The minimum Gasteiger partial charge on any atom is -0.369 e. The summed E-state index contributed by atoms with van der Waals surface area (Å²) in [6.07, 6.45) is 13.2. The smallest absolute Gasteiger partial charge is 0.255 e. The zero-order valence-corrected chi connectivity index (χ0v) is 34.4. The summed E-state index contributed by atoms with van der Waals surface area (Å²) in [4.78, 5) is 77.4. The highest BCUT2D eigenvalue weighted by Gasteiger charge is 2.39. The van der Waals surface area contributed by atoms with Gasteiger partial charge in [-0.15, -0.1) is 0 Å². The normalized spacial score (nSPS) is 18.6. The molecule has 0 aliphatic carbocycles. The van der Waals surface area contributed by atoms with Gasteiger partial charge < -0.3 is 20.0 Å². The van der Waals surface area contributed by atoms with Crippen molar-refractivity contribution in [2.24, 2.45) is 0 Å². The molecule has 1 atom stereocenters. The second-order valence-electron chi connectivity index (χ2n) is 16.0. The van der Waals surface area contributed by atoms with Crippen LogP contribution in [0.3, 0.4) is 0 Å². The van der Waals surface area contributed by atoms with E-state index in [0.717, 1.165) is 132 Å². The summed E-state index contributed by atoms with van der Waals surface area (Å²) in [6, 6.07) is 16.8. The van der Waals surface area contributed by atoms with E-state index in [1.54, 1.807) is 35.5 Å². The van der Waals surface area contributed by atoms with E-state index in [1.807, 2.05) is 41.3 Å². The summed E-state index contributed by atoms with van der Waals surface area (Å²) in [5, 5.41) is 5.30. The number of hydrogen-bond acceptors (Lipinski definition) is 9. The standard InChI is InChI=1S/C47H56N8O5/c56-43(20-14-36-10-9-22-48-34-36)49-23-5-7-25-52-28-32-54(33-29-52)46(59)38-15-17-39(18-16-38)53-30-26-51(27-31-53)24-6-3-1-2-4-11-37-12-8-13-40-41(37)35-55(47(40)60)42-19-21-44(57)50-45(42)58/h8-10,12-18,20,22,34,42H,1-3,5-7,19,21,23-33,35H2,(H,49,56)(H,50,57,58)/b20-14+. The number of rotatable bonds is 15. The van der Waals surface area contributed by atoms with Crippen molar-refractivity contribution >= 4 is 41.3 Å². The van der Waals surface area contributed by atoms with Gasteiger partial charge >= 0.3 is 0 Å². The lowest BCUT2D eigenvalue weighted by atomic mass is 10.0. The fourth-order valence-electron chi connectivity index (χ4n) is 8.37. The van der Waals surface area contributed by atoms with Crippen molar-refractivity contribution in [2.75, 3.05) is 76.9 Å². The Kier molecular flexibility index (Phi) is 14.7. The molecule has 13 heteroatoms.